The maximum absolute atomic E-state index is 9.25. The van der Waals surface area contributed by atoms with Crippen LogP contribution in [0.25, 0.3) is 0 Å². The maximum atomic E-state index is 9.25. The Morgan fingerprint density at radius 2 is 2.36 bits per heavy atom. The van der Waals surface area contributed by atoms with Crippen molar-refractivity contribution in [2.45, 2.75) is 19.3 Å². The number of hydrogen-bond acceptors (Lipinski definition) is 4. The Kier molecular flexibility index (Phi) is 7.14. The van der Waals surface area contributed by atoms with E-state index < -0.39 is 0 Å². The summed E-state index contributed by atoms with van der Waals surface area (Å²) in [4.78, 5) is 5.61. The molecule has 1 aliphatic rings. The summed E-state index contributed by atoms with van der Waals surface area (Å²) in [7, 11) is 1.78. The van der Waals surface area contributed by atoms with Crippen LogP contribution in [0.1, 0.15) is 17.7 Å². The van der Waals surface area contributed by atoms with Gasteiger partial charge in [-0.2, -0.15) is 0 Å². The summed E-state index contributed by atoms with van der Waals surface area (Å²) >= 11 is 5.24. The van der Waals surface area contributed by atoms with Crippen LogP contribution >= 0.6 is 27.3 Å². The first-order chi connectivity index (χ1) is 10.7. The number of halogens is 1. The molecule has 0 aromatic carbocycles. The second kappa shape index (κ2) is 8.86. The first-order valence-electron chi connectivity index (χ1n) is 7.55. The minimum atomic E-state index is 0.0327. The van der Waals surface area contributed by atoms with Gasteiger partial charge in [-0.25, -0.2) is 0 Å². The van der Waals surface area contributed by atoms with Crippen LogP contribution in [-0.4, -0.2) is 51.0 Å². The highest BCUT2D eigenvalue weighted by Gasteiger charge is 2.34. The summed E-state index contributed by atoms with van der Waals surface area (Å²) in [6, 6.07) is 4.21. The fourth-order valence-electron chi connectivity index (χ4n) is 2.59. The zero-order valence-electron chi connectivity index (χ0n) is 12.9. The molecule has 0 aliphatic carbocycles. The second-order valence-corrected chi connectivity index (χ2v) is 8.13. The summed E-state index contributed by atoms with van der Waals surface area (Å²) in [5.74, 6) is 0.805. The molecule has 22 heavy (non-hydrogen) atoms. The molecule has 2 rings (SSSR count). The predicted molar refractivity (Wildman–Crippen MR) is 94.7 cm³/mol. The number of hydrogen-bond donors (Lipinski definition) is 3. The molecule has 0 spiro atoms. The van der Waals surface area contributed by atoms with E-state index in [0.717, 1.165) is 48.7 Å². The highest BCUT2D eigenvalue weighted by atomic mass is 79.9. The van der Waals surface area contributed by atoms with Crippen LogP contribution < -0.4 is 10.6 Å². The molecule has 0 bridgehead atoms. The molecule has 1 fully saturated rings. The molecular formula is C15H24BrN3O2S. The largest absolute Gasteiger partial charge is 0.396 e. The molecule has 124 valence electrons. The minimum Gasteiger partial charge on any atom is -0.396 e. The Bertz CT molecular complexity index is 487. The van der Waals surface area contributed by atoms with Gasteiger partial charge in [-0.3, -0.25) is 4.99 Å². The van der Waals surface area contributed by atoms with E-state index in [1.807, 2.05) is 0 Å². The molecule has 3 N–H and O–H groups in total. The van der Waals surface area contributed by atoms with E-state index in [4.69, 9.17) is 4.74 Å². The van der Waals surface area contributed by atoms with E-state index in [1.165, 1.54) is 4.88 Å². The molecule has 1 aliphatic heterocycles. The van der Waals surface area contributed by atoms with Crippen molar-refractivity contribution in [3.63, 3.8) is 0 Å². The molecule has 1 saturated heterocycles. The maximum Gasteiger partial charge on any atom is 0.191 e. The number of thiophene rings is 1. The Hall–Kier alpha value is -0.630. The number of rotatable bonds is 7. The summed E-state index contributed by atoms with van der Waals surface area (Å²) in [5, 5.41) is 16.0. The highest BCUT2D eigenvalue weighted by Crippen LogP contribution is 2.31. The lowest BCUT2D eigenvalue weighted by molar-refractivity contribution is 0.127. The lowest BCUT2D eigenvalue weighted by atomic mass is 9.84. The van der Waals surface area contributed by atoms with Gasteiger partial charge in [0.05, 0.1) is 10.4 Å². The van der Waals surface area contributed by atoms with Gasteiger partial charge in [0, 0.05) is 43.6 Å². The van der Waals surface area contributed by atoms with E-state index in [0.29, 0.717) is 6.61 Å². The first-order valence-corrected chi connectivity index (χ1v) is 9.16. The van der Waals surface area contributed by atoms with E-state index >= 15 is 0 Å². The summed E-state index contributed by atoms with van der Waals surface area (Å²) < 4.78 is 6.67. The van der Waals surface area contributed by atoms with Crippen LogP contribution in [0.5, 0.6) is 0 Å². The topological polar surface area (TPSA) is 65.9 Å². The number of guanidine groups is 1. The van der Waals surface area contributed by atoms with Gasteiger partial charge in [0.15, 0.2) is 5.96 Å². The first kappa shape index (κ1) is 17.7. The summed E-state index contributed by atoms with van der Waals surface area (Å²) in [6.07, 6.45) is 2.73. The zero-order valence-corrected chi connectivity index (χ0v) is 15.3. The molecule has 5 nitrogen and oxygen atoms in total. The molecule has 0 radical (unpaired) electrons. The number of aliphatic hydroxyl groups excluding tert-OH is 1. The molecule has 1 unspecified atom stereocenters. The van der Waals surface area contributed by atoms with Crippen LogP contribution in [0.4, 0.5) is 0 Å². The van der Waals surface area contributed by atoms with E-state index in [1.54, 1.807) is 18.4 Å². The van der Waals surface area contributed by atoms with Crippen LogP contribution in [-0.2, 0) is 11.2 Å². The molecule has 7 heteroatoms. The standard InChI is InChI=1S/C15H24BrN3O2S/c1-17-14(18-7-4-12-2-3-13(16)22-12)19-10-15(5-8-20)6-9-21-11-15/h2-3,20H,4-11H2,1H3,(H2,17,18,19). The Labute approximate surface area is 144 Å². The third-order valence-corrected chi connectivity index (χ3v) is 5.66. The molecule has 1 atom stereocenters. The second-order valence-electron chi connectivity index (χ2n) is 5.58. The smallest absolute Gasteiger partial charge is 0.191 e. The zero-order chi connectivity index (χ0) is 15.8. The van der Waals surface area contributed by atoms with Crippen molar-refractivity contribution in [1.82, 2.24) is 10.6 Å². The van der Waals surface area contributed by atoms with Crippen molar-refractivity contribution in [3.05, 3.63) is 20.8 Å². The SMILES string of the molecule is CN=C(NCCc1ccc(Br)s1)NCC1(CCO)CCOC1. The van der Waals surface area contributed by atoms with Crippen molar-refractivity contribution in [3.8, 4) is 0 Å². The molecular weight excluding hydrogens is 366 g/mol. The van der Waals surface area contributed by atoms with Gasteiger partial charge < -0.3 is 20.5 Å². The number of nitrogens with zero attached hydrogens (tertiary/aromatic N) is 1. The minimum absolute atomic E-state index is 0.0327. The van der Waals surface area contributed by atoms with E-state index in [-0.39, 0.29) is 12.0 Å². The molecule has 2 heterocycles. The fraction of sp³-hybridized carbons (Fsp3) is 0.667. The van der Waals surface area contributed by atoms with Crippen LogP contribution in [0.2, 0.25) is 0 Å². The quantitative estimate of drug-likeness (QED) is 0.492. The molecule has 0 saturated carbocycles. The van der Waals surface area contributed by atoms with Crippen molar-refractivity contribution < 1.29 is 9.84 Å². The number of aliphatic imine (C=N–C) groups is 1. The van der Waals surface area contributed by atoms with Gasteiger partial charge in [-0.15, -0.1) is 11.3 Å². The molecule has 0 amide bonds. The van der Waals surface area contributed by atoms with Gasteiger partial charge in [0.25, 0.3) is 0 Å². The highest BCUT2D eigenvalue weighted by molar-refractivity contribution is 9.11. The van der Waals surface area contributed by atoms with Crippen molar-refractivity contribution in [2.75, 3.05) is 40.0 Å². The molecule has 1 aromatic rings. The van der Waals surface area contributed by atoms with Gasteiger partial charge in [0.2, 0.25) is 0 Å². The number of nitrogens with one attached hydrogen (secondary N) is 2. The number of aliphatic hydroxyl groups is 1. The van der Waals surface area contributed by atoms with E-state index in [9.17, 15) is 5.11 Å². The van der Waals surface area contributed by atoms with Crippen LogP contribution in [0.15, 0.2) is 20.9 Å². The van der Waals surface area contributed by atoms with Gasteiger partial charge in [-0.1, -0.05) is 0 Å². The Balaban J connectivity index is 1.74. The van der Waals surface area contributed by atoms with Crippen LogP contribution in [0, 0.1) is 5.41 Å². The lowest BCUT2D eigenvalue weighted by Crippen LogP contribution is -2.44. The number of ether oxygens (including phenoxy) is 1. The van der Waals surface area contributed by atoms with Gasteiger partial charge in [-0.05, 0) is 47.3 Å². The average molecular weight is 390 g/mol. The van der Waals surface area contributed by atoms with Crippen LogP contribution in [0.3, 0.4) is 0 Å². The monoisotopic (exact) mass is 389 g/mol. The van der Waals surface area contributed by atoms with Gasteiger partial charge in [0.1, 0.15) is 0 Å². The third-order valence-electron chi connectivity index (χ3n) is 3.97. The summed E-state index contributed by atoms with van der Waals surface area (Å²) in [6.45, 7) is 3.31. The predicted octanol–water partition coefficient (Wildman–Crippen LogP) is 2.01. The molecule has 1 aromatic heterocycles. The van der Waals surface area contributed by atoms with Crippen molar-refractivity contribution in [2.24, 2.45) is 10.4 Å². The van der Waals surface area contributed by atoms with Crippen molar-refractivity contribution in [1.29, 1.82) is 0 Å². The third kappa shape index (κ3) is 5.22. The van der Waals surface area contributed by atoms with E-state index in [2.05, 4.69) is 43.7 Å². The average Bonchev–Trinajstić information content (AvgIpc) is 3.13. The van der Waals surface area contributed by atoms with Crippen molar-refractivity contribution >= 4 is 33.2 Å². The Morgan fingerprint density at radius 3 is 2.95 bits per heavy atom. The lowest BCUT2D eigenvalue weighted by Gasteiger charge is -2.27. The Morgan fingerprint density at radius 1 is 1.50 bits per heavy atom. The summed E-state index contributed by atoms with van der Waals surface area (Å²) in [5.41, 5.74) is 0.0327. The fourth-order valence-corrected chi connectivity index (χ4v) is 4.08. The van der Waals surface area contributed by atoms with Gasteiger partial charge >= 0.3 is 0 Å². The normalized spacial score (nSPS) is 22.0.